The molecule has 0 aromatic heterocycles. The highest BCUT2D eigenvalue weighted by molar-refractivity contribution is 7.89. The second-order valence-corrected chi connectivity index (χ2v) is 6.65. The van der Waals surface area contributed by atoms with Crippen LogP contribution in [0.2, 0.25) is 0 Å². The Bertz CT molecular complexity index is 622. The zero-order chi connectivity index (χ0) is 14.0. The number of rotatable bonds is 2. The van der Waals surface area contributed by atoms with Gasteiger partial charge in [-0.3, -0.25) is 0 Å². The summed E-state index contributed by atoms with van der Waals surface area (Å²) in [5, 5.41) is 8.92. The average molecular weight is 282 g/mol. The summed E-state index contributed by atoms with van der Waals surface area (Å²) >= 11 is 0. The van der Waals surface area contributed by atoms with E-state index >= 15 is 0 Å². The van der Waals surface area contributed by atoms with E-state index in [1.807, 2.05) is 0 Å². The van der Waals surface area contributed by atoms with Crippen LogP contribution >= 0.6 is 0 Å². The molecule has 1 atom stereocenters. The Kier molecular flexibility index (Phi) is 3.88. The van der Waals surface area contributed by atoms with E-state index in [-0.39, 0.29) is 17.4 Å². The predicted octanol–water partition coefficient (Wildman–Crippen LogP) is 2.06. The van der Waals surface area contributed by atoms with Gasteiger partial charge in [-0.25, -0.2) is 12.8 Å². The summed E-state index contributed by atoms with van der Waals surface area (Å²) in [6, 6.07) is 5.75. The average Bonchev–Trinajstić information content (AvgIpc) is 2.38. The van der Waals surface area contributed by atoms with E-state index in [4.69, 9.17) is 5.26 Å². The molecule has 6 heteroatoms. The molecule has 0 aliphatic carbocycles. The van der Waals surface area contributed by atoms with Gasteiger partial charge in [-0.05, 0) is 43.5 Å². The van der Waals surface area contributed by atoms with Crippen molar-refractivity contribution in [1.29, 1.82) is 5.26 Å². The van der Waals surface area contributed by atoms with Gasteiger partial charge in [-0.15, -0.1) is 0 Å². The van der Waals surface area contributed by atoms with Crippen LogP contribution in [-0.2, 0) is 10.0 Å². The Morgan fingerprint density at radius 2 is 2.21 bits per heavy atom. The molecule has 0 amide bonds. The third kappa shape index (κ3) is 2.77. The molecule has 0 saturated carbocycles. The number of hydrogen-bond acceptors (Lipinski definition) is 3. The zero-order valence-electron chi connectivity index (χ0n) is 10.6. The third-order valence-corrected chi connectivity index (χ3v) is 5.35. The molecule has 0 bridgehead atoms. The first-order valence-corrected chi connectivity index (χ1v) is 7.55. The maximum Gasteiger partial charge on any atom is 0.243 e. The van der Waals surface area contributed by atoms with E-state index in [1.165, 1.54) is 16.4 Å². The molecule has 1 unspecified atom stereocenters. The molecule has 1 saturated heterocycles. The smallest absolute Gasteiger partial charge is 0.207 e. The predicted molar refractivity (Wildman–Crippen MR) is 68.2 cm³/mol. The number of hydrogen-bond donors (Lipinski definition) is 0. The number of halogens is 1. The lowest BCUT2D eigenvalue weighted by Gasteiger charge is -2.29. The molecule has 0 radical (unpaired) electrons. The minimum atomic E-state index is -3.64. The van der Waals surface area contributed by atoms with Crippen LogP contribution in [0.4, 0.5) is 4.39 Å². The van der Waals surface area contributed by atoms with Crippen LogP contribution in [0.1, 0.15) is 18.4 Å². The van der Waals surface area contributed by atoms with Crippen LogP contribution in [-0.4, -0.2) is 25.8 Å². The second-order valence-electron chi connectivity index (χ2n) is 4.74. The summed E-state index contributed by atoms with van der Waals surface area (Å²) in [5.74, 6) is -0.714. The first-order chi connectivity index (χ1) is 8.95. The minimum absolute atomic E-state index is 0.118. The molecule has 1 aliphatic heterocycles. The van der Waals surface area contributed by atoms with Gasteiger partial charge in [-0.2, -0.15) is 9.57 Å². The van der Waals surface area contributed by atoms with Crippen molar-refractivity contribution in [2.75, 3.05) is 13.1 Å². The Labute approximate surface area is 112 Å². The largest absolute Gasteiger partial charge is 0.243 e. The highest BCUT2D eigenvalue weighted by Gasteiger charge is 2.31. The van der Waals surface area contributed by atoms with Crippen molar-refractivity contribution < 1.29 is 12.8 Å². The molecule has 1 aromatic rings. The molecule has 1 aliphatic rings. The molecular weight excluding hydrogens is 267 g/mol. The second kappa shape index (κ2) is 5.27. The van der Waals surface area contributed by atoms with Crippen molar-refractivity contribution in [3.8, 4) is 6.07 Å². The fraction of sp³-hybridized carbons (Fsp3) is 0.462. The Morgan fingerprint density at radius 3 is 2.84 bits per heavy atom. The van der Waals surface area contributed by atoms with E-state index in [9.17, 15) is 12.8 Å². The standard InChI is InChI=1S/C13H15FN2O2S/c1-10-7-12(14)4-5-13(10)19(17,18)16-6-2-3-11(8-15)9-16/h4-5,7,11H,2-3,6,9H2,1H3. The first-order valence-electron chi connectivity index (χ1n) is 6.11. The number of nitriles is 1. The normalized spacial score (nSPS) is 21.0. The van der Waals surface area contributed by atoms with Gasteiger partial charge in [-0.1, -0.05) is 0 Å². The Balaban J connectivity index is 2.34. The molecule has 2 rings (SSSR count). The van der Waals surface area contributed by atoms with E-state index < -0.39 is 15.8 Å². The minimum Gasteiger partial charge on any atom is -0.207 e. The zero-order valence-corrected chi connectivity index (χ0v) is 11.5. The number of piperidine rings is 1. The number of benzene rings is 1. The third-order valence-electron chi connectivity index (χ3n) is 3.32. The summed E-state index contributed by atoms with van der Waals surface area (Å²) in [7, 11) is -3.64. The lowest BCUT2D eigenvalue weighted by molar-refractivity contribution is 0.305. The maximum absolute atomic E-state index is 13.0. The summed E-state index contributed by atoms with van der Waals surface area (Å²) in [6.07, 6.45) is 1.41. The van der Waals surface area contributed by atoms with Crippen LogP contribution in [0.3, 0.4) is 0 Å². The van der Waals surface area contributed by atoms with Crippen molar-refractivity contribution in [3.63, 3.8) is 0 Å². The van der Waals surface area contributed by atoms with Crippen molar-refractivity contribution in [2.24, 2.45) is 5.92 Å². The van der Waals surface area contributed by atoms with Crippen molar-refractivity contribution >= 4 is 10.0 Å². The van der Waals surface area contributed by atoms with Gasteiger partial charge in [0.1, 0.15) is 5.82 Å². The topological polar surface area (TPSA) is 61.2 Å². The van der Waals surface area contributed by atoms with E-state index in [1.54, 1.807) is 6.92 Å². The van der Waals surface area contributed by atoms with Crippen LogP contribution in [0.5, 0.6) is 0 Å². The van der Waals surface area contributed by atoms with Crippen LogP contribution in [0.15, 0.2) is 23.1 Å². The molecule has 1 fully saturated rings. The molecule has 0 spiro atoms. The van der Waals surface area contributed by atoms with Gasteiger partial charge in [0.2, 0.25) is 10.0 Å². The van der Waals surface area contributed by atoms with E-state index in [0.29, 0.717) is 18.5 Å². The molecule has 1 aromatic carbocycles. The summed E-state index contributed by atoms with van der Waals surface area (Å²) in [4.78, 5) is 0.118. The lowest BCUT2D eigenvalue weighted by atomic mass is 10.0. The summed E-state index contributed by atoms with van der Waals surface area (Å²) in [5.41, 5.74) is 0.388. The van der Waals surface area contributed by atoms with Gasteiger partial charge in [0.15, 0.2) is 0 Å². The quantitative estimate of drug-likeness (QED) is 0.834. The highest BCUT2D eigenvalue weighted by atomic mass is 32.2. The van der Waals surface area contributed by atoms with E-state index in [0.717, 1.165) is 12.5 Å². The van der Waals surface area contributed by atoms with Gasteiger partial charge in [0.25, 0.3) is 0 Å². The molecule has 1 heterocycles. The fourth-order valence-corrected chi connectivity index (χ4v) is 4.04. The number of sulfonamides is 1. The van der Waals surface area contributed by atoms with Crippen molar-refractivity contribution in [2.45, 2.75) is 24.7 Å². The maximum atomic E-state index is 13.0. The van der Waals surface area contributed by atoms with Gasteiger partial charge in [0.05, 0.1) is 16.9 Å². The summed E-state index contributed by atoms with van der Waals surface area (Å²) < 4.78 is 39.3. The number of aryl methyl sites for hydroxylation is 1. The Hall–Kier alpha value is -1.45. The van der Waals surface area contributed by atoms with Crippen molar-refractivity contribution in [3.05, 3.63) is 29.6 Å². The van der Waals surface area contributed by atoms with Gasteiger partial charge < -0.3 is 0 Å². The molecule has 102 valence electrons. The van der Waals surface area contributed by atoms with Crippen LogP contribution < -0.4 is 0 Å². The SMILES string of the molecule is Cc1cc(F)ccc1S(=O)(=O)N1CCCC(C#N)C1. The molecule has 19 heavy (non-hydrogen) atoms. The van der Waals surface area contributed by atoms with Gasteiger partial charge in [0, 0.05) is 13.1 Å². The van der Waals surface area contributed by atoms with Gasteiger partial charge >= 0.3 is 0 Å². The molecule has 4 nitrogen and oxygen atoms in total. The number of nitrogens with zero attached hydrogens (tertiary/aromatic N) is 2. The molecular formula is C13H15FN2O2S. The summed E-state index contributed by atoms with van der Waals surface area (Å²) in [6.45, 7) is 2.20. The van der Waals surface area contributed by atoms with Crippen LogP contribution in [0, 0.1) is 30.0 Å². The van der Waals surface area contributed by atoms with Crippen molar-refractivity contribution in [1.82, 2.24) is 4.31 Å². The van der Waals surface area contributed by atoms with E-state index in [2.05, 4.69) is 6.07 Å². The van der Waals surface area contributed by atoms with Crippen LogP contribution in [0.25, 0.3) is 0 Å². The molecule has 0 N–H and O–H groups in total. The Morgan fingerprint density at radius 1 is 1.47 bits per heavy atom. The highest BCUT2D eigenvalue weighted by Crippen LogP contribution is 2.25. The lowest BCUT2D eigenvalue weighted by Crippen LogP contribution is -2.39. The fourth-order valence-electron chi connectivity index (χ4n) is 2.31. The monoisotopic (exact) mass is 282 g/mol. The first kappa shape index (κ1) is 14.0.